The fourth-order valence-corrected chi connectivity index (χ4v) is 5.62. The van der Waals surface area contributed by atoms with Gasteiger partial charge >= 0.3 is 0 Å². The molecule has 15 heavy (non-hydrogen) atoms. The third-order valence-electron chi connectivity index (χ3n) is 2.50. The van der Waals surface area contributed by atoms with Crippen molar-refractivity contribution in [1.82, 2.24) is 0 Å². The summed E-state index contributed by atoms with van der Waals surface area (Å²) >= 11 is 0. The Bertz CT molecular complexity index is 463. The van der Waals surface area contributed by atoms with E-state index in [1.54, 1.807) is 0 Å². The lowest BCUT2D eigenvalue weighted by atomic mass is 10.4. The summed E-state index contributed by atoms with van der Waals surface area (Å²) in [5.41, 5.74) is 0. The first kappa shape index (κ1) is 12.2. The van der Waals surface area contributed by atoms with Gasteiger partial charge < -0.3 is 0 Å². The molecule has 0 aliphatic rings. The Hall–Kier alpha value is -0.913. The first-order chi connectivity index (χ1) is 6.76. The highest BCUT2D eigenvalue weighted by molar-refractivity contribution is 7.92. The molecule has 0 saturated heterocycles. The van der Waals surface area contributed by atoms with E-state index in [1.165, 1.54) is 0 Å². The monoisotopic (exact) mass is 242 g/mol. The molecule has 0 aliphatic heterocycles. The van der Waals surface area contributed by atoms with E-state index in [0.29, 0.717) is 0 Å². The van der Waals surface area contributed by atoms with Gasteiger partial charge in [-0.15, -0.1) is 0 Å². The van der Waals surface area contributed by atoms with Crippen LogP contribution in [0.5, 0.6) is 0 Å². The fraction of sp³-hybridized carbons (Fsp3) is 0.200. The molecule has 1 aromatic rings. The van der Waals surface area contributed by atoms with Gasteiger partial charge in [0.2, 0.25) is 0 Å². The summed E-state index contributed by atoms with van der Waals surface area (Å²) in [5.74, 6) is 0. The number of benzene rings is 1. The quantitative estimate of drug-likeness (QED) is 0.646. The van der Waals surface area contributed by atoms with E-state index < -0.39 is 18.2 Å². The molecule has 0 saturated carbocycles. The Balaban J connectivity index is 3.21. The van der Waals surface area contributed by atoms with Gasteiger partial charge in [0, 0.05) is 0 Å². The fourth-order valence-electron chi connectivity index (χ4n) is 1.34. The van der Waals surface area contributed by atoms with Gasteiger partial charge in [0.15, 0.2) is 0 Å². The molecular formula is C10H14O3SSi. The van der Waals surface area contributed by atoms with Gasteiger partial charge in [-0.1, -0.05) is 55.2 Å². The number of hydrogen-bond acceptors (Lipinski definition) is 2. The molecule has 0 spiro atoms. The Morgan fingerprint density at radius 2 is 1.73 bits per heavy atom. The average molecular weight is 242 g/mol. The molecule has 1 rings (SSSR count). The van der Waals surface area contributed by atoms with Crippen molar-refractivity contribution in [3.8, 4) is 0 Å². The highest BCUT2D eigenvalue weighted by atomic mass is 32.2. The molecule has 82 valence electrons. The Kier molecular flexibility index (Phi) is 3.18. The van der Waals surface area contributed by atoms with Crippen LogP contribution in [0.15, 0.2) is 41.4 Å². The third-order valence-corrected chi connectivity index (χ3v) is 8.60. The molecule has 0 aliphatic carbocycles. The Morgan fingerprint density at radius 3 is 2.13 bits per heavy atom. The second-order valence-corrected chi connectivity index (χ2v) is 10.1. The van der Waals surface area contributed by atoms with E-state index >= 15 is 0 Å². The summed E-state index contributed by atoms with van der Waals surface area (Å²) in [7, 11) is -6.49. The lowest BCUT2D eigenvalue weighted by Gasteiger charge is -2.23. The molecule has 3 nitrogen and oxygen atoms in total. The third kappa shape index (κ3) is 2.56. The number of hydrogen-bond donors (Lipinski definition) is 1. The van der Waals surface area contributed by atoms with Crippen molar-refractivity contribution in [2.75, 3.05) is 0 Å². The molecular weight excluding hydrogens is 228 g/mol. The maximum Gasteiger partial charge on any atom is 0.286 e. The highest BCUT2D eigenvalue weighted by Crippen LogP contribution is 2.17. The lowest BCUT2D eigenvalue weighted by Crippen LogP contribution is -2.45. The molecule has 0 unspecified atom stereocenters. The van der Waals surface area contributed by atoms with Crippen LogP contribution in [0.2, 0.25) is 13.1 Å². The topological polar surface area (TPSA) is 54.4 Å². The van der Waals surface area contributed by atoms with Crippen LogP contribution < -0.4 is 5.19 Å². The zero-order valence-electron chi connectivity index (χ0n) is 8.77. The Morgan fingerprint density at radius 1 is 1.27 bits per heavy atom. The van der Waals surface area contributed by atoms with Crippen LogP contribution in [0.4, 0.5) is 0 Å². The van der Waals surface area contributed by atoms with Gasteiger partial charge in [-0.05, 0) is 0 Å². The average Bonchev–Trinajstić information content (AvgIpc) is 2.16. The molecule has 0 amide bonds. The van der Waals surface area contributed by atoms with Gasteiger partial charge in [0.1, 0.15) is 8.07 Å². The smallest absolute Gasteiger partial charge is 0.282 e. The van der Waals surface area contributed by atoms with Crippen molar-refractivity contribution in [2.45, 2.75) is 13.1 Å². The minimum atomic E-state index is -4.14. The van der Waals surface area contributed by atoms with Crippen LogP contribution in [0.25, 0.3) is 0 Å². The van der Waals surface area contributed by atoms with Crippen LogP contribution in [0.3, 0.4) is 0 Å². The highest BCUT2D eigenvalue weighted by Gasteiger charge is 2.34. The van der Waals surface area contributed by atoms with Gasteiger partial charge in [0.25, 0.3) is 10.1 Å². The molecule has 0 bridgehead atoms. The summed E-state index contributed by atoms with van der Waals surface area (Å²) in [5, 5.41) is 0.938. The molecule has 0 aromatic heterocycles. The van der Waals surface area contributed by atoms with Crippen molar-refractivity contribution < 1.29 is 13.0 Å². The number of rotatable bonds is 3. The molecule has 1 aromatic carbocycles. The normalized spacial score (nSPS) is 12.5. The molecule has 0 fully saturated rings. The van der Waals surface area contributed by atoms with Gasteiger partial charge in [0.05, 0.1) is 4.53 Å². The zero-order chi connectivity index (χ0) is 11.7. The van der Waals surface area contributed by atoms with Gasteiger partial charge in [-0.2, -0.15) is 8.42 Å². The second-order valence-electron chi connectivity index (χ2n) is 3.89. The van der Waals surface area contributed by atoms with Crippen molar-refractivity contribution in [2.24, 2.45) is 0 Å². The van der Waals surface area contributed by atoms with E-state index in [0.717, 1.165) is 5.19 Å². The van der Waals surface area contributed by atoms with E-state index in [-0.39, 0.29) is 4.53 Å². The summed E-state index contributed by atoms with van der Waals surface area (Å²) in [6.45, 7) is 7.19. The summed E-state index contributed by atoms with van der Waals surface area (Å²) in [6, 6.07) is 9.29. The molecule has 5 heteroatoms. The van der Waals surface area contributed by atoms with Crippen LogP contribution >= 0.6 is 0 Å². The van der Waals surface area contributed by atoms with E-state index in [4.69, 9.17) is 4.55 Å². The van der Waals surface area contributed by atoms with Crippen molar-refractivity contribution >= 4 is 23.4 Å². The first-order valence-electron chi connectivity index (χ1n) is 4.48. The van der Waals surface area contributed by atoms with E-state index in [1.807, 2.05) is 43.4 Å². The molecule has 0 radical (unpaired) electrons. The largest absolute Gasteiger partial charge is 0.286 e. The maximum atomic E-state index is 11.0. The second kappa shape index (κ2) is 3.92. The van der Waals surface area contributed by atoms with Gasteiger partial charge in [-0.25, -0.2) is 0 Å². The standard InChI is InChI=1S/C10H14O3SSi/c1-9(14(11,12)13)15(2,3)10-7-5-4-6-8-10/h4-8H,1H2,2-3H3,(H,11,12,13). The molecule has 1 N–H and O–H groups in total. The zero-order valence-corrected chi connectivity index (χ0v) is 10.6. The summed E-state index contributed by atoms with van der Waals surface area (Å²) in [6.07, 6.45) is 0. The Labute approximate surface area is 91.2 Å². The van der Waals surface area contributed by atoms with Crippen molar-refractivity contribution in [3.63, 3.8) is 0 Å². The van der Waals surface area contributed by atoms with Gasteiger partial charge in [-0.3, -0.25) is 4.55 Å². The predicted molar refractivity (Wildman–Crippen MR) is 64.2 cm³/mol. The van der Waals surface area contributed by atoms with E-state index in [9.17, 15) is 8.42 Å². The van der Waals surface area contributed by atoms with Crippen LogP contribution in [0.1, 0.15) is 0 Å². The minimum absolute atomic E-state index is 0.0544. The van der Waals surface area contributed by atoms with Crippen LogP contribution in [-0.4, -0.2) is 21.0 Å². The summed E-state index contributed by atoms with van der Waals surface area (Å²) < 4.78 is 31.0. The maximum absolute atomic E-state index is 11.0. The van der Waals surface area contributed by atoms with Crippen molar-refractivity contribution in [3.05, 3.63) is 41.4 Å². The van der Waals surface area contributed by atoms with Crippen molar-refractivity contribution in [1.29, 1.82) is 0 Å². The van der Waals surface area contributed by atoms with Crippen LogP contribution in [-0.2, 0) is 10.1 Å². The molecule has 0 heterocycles. The van der Waals surface area contributed by atoms with E-state index in [2.05, 4.69) is 6.58 Å². The SMILES string of the molecule is C=C([Si](C)(C)c1ccccc1)S(=O)(=O)O. The van der Waals surface area contributed by atoms with Crippen LogP contribution in [0, 0.1) is 0 Å². The minimum Gasteiger partial charge on any atom is -0.282 e. The molecule has 0 atom stereocenters. The summed E-state index contributed by atoms with van der Waals surface area (Å²) in [4.78, 5) is 0. The predicted octanol–water partition coefficient (Wildman–Crippen LogP) is 1.54. The first-order valence-corrected chi connectivity index (χ1v) is 8.92. The lowest BCUT2D eigenvalue weighted by molar-refractivity contribution is 0.493.